The van der Waals surface area contributed by atoms with E-state index in [4.69, 9.17) is 14.9 Å². The Labute approximate surface area is 144 Å². The summed E-state index contributed by atoms with van der Waals surface area (Å²) in [6.07, 6.45) is 2.18. The molecular weight excluding hydrogens is 324 g/mol. The lowest BCUT2D eigenvalue weighted by Crippen LogP contribution is -2.51. The second-order valence-electron chi connectivity index (χ2n) is 6.13. The first-order valence-corrected chi connectivity index (χ1v) is 8.23. The monoisotopic (exact) mass is 344 g/mol. The Morgan fingerprint density at radius 1 is 1.28 bits per heavy atom. The van der Waals surface area contributed by atoms with E-state index in [9.17, 15) is 14.4 Å². The third kappa shape index (κ3) is 3.35. The lowest BCUT2D eigenvalue weighted by Gasteiger charge is -2.33. The van der Waals surface area contributed by atoms with E-state index in [1.54, 1.807) is 13.0 Å². The minimum Gasteiger partial charge on any atom is -0.450 e. The van der Waals surface area contributed by atoms with E-state index in [0.717, 1.165) is 18.2 Å². The summed E-state index contributed by atoms with van der Waals surface area (Å²) >= 11 is 0. The van der Waals surface area contributed by atoms with Crippen molar-refractivity contribution in [1.29, 1.82) is 0 Å². The highest BCUT2D eigenvalue weighted by Crippen LogP contribution is 2.25. The fourth-order valence-electron chi connectivity index (χ4n) is 3.17. The van der Waals surface area contributed by atoms with Crippen LogP contribution in [0.15, 0.2) is 28.7 Å². The molecule has 2 N–H and O–H groups in total. The van der Waals surface area contributed by atoms with Gasteiger partial charge in [0, 0.05) is 17.5 Å². The lowest BCUT2D eigenvalue weighted by molar-refractivity contribution is -0.143. The number of aryl methyl sites for hydroxylation is 1. The second-order valence-corrected chi connectivity index (χ2v) is 6.13. The molecule has 3 rings (SSSR count). The van der Waals surface area contributed by atoms with Gasteiger partial charge in [-0.25, -0.2) is 4.79 Å². The summed E-state index contributed by atoms with van der Waals surface area (Å²) in [5, 5.41) is 0.825. The number of carbonyl (C=O) groups is 3. The van der Waals surface area contributed by atoms with Gasteiger partial charge in [-0.3, -0.25) is 9.59 Å². The predicted octanol–water partition coefficient (Wildman–Crippen LogP) is 1.76. The van der Waals surface area contributed by atoms with Gasteiger partial charge in [-0.05, 0) is 32.3 Å². The van der Waals surface area contributed by atoms with Gasteiger partial charge < -0.3 is 19.8 Å². The third-order valence-electron chi connectivity index (χ3n) is 4.51. The fraction of sp³-hybridized carbons (Fsp3) is 0.389. The van der Waals surface area contributed by atoms with E-state index in [1.165, 1.54) is 4.90 Å². The first-order valence-electron chi connectivity index (χ1n) is 8.23. The van der Waals surface area contributed by atoms with Crippen molar-refractivity contribution in [1.82, 2.24) is 4.90 Å². The summed E-state index contributed by atoms with van der Waals surface area (Å²) in [7, 11) is 0. The van der Waals surface area contributed by atoms with E-state index in [2.05, 4.69) is 0 Å². The average Bonchev–Trinajstić information content (AvgIpc) is 2.96. The minimum atomic E-state index is -0.699. The zero-order valence-corrected chi connectivity index (χ0v) is 14.0. The van der Waals surface area contributed by atoms with Crippen molar-refractivity contribution in [3.05, 3.63) is 35.6 Å². The highest BCUT2D eigenvalue weighted by Gasteiger charge is 2.31. The summed E-state index contributed by atoms with van der Waals surface area (Å²) in [6, 6.07) is 6.64. The standard InChI is InChI=1S/C18H20N2O5/c1-11-12-6-2-3-8-14(12)25-16(11)18(23)24-10-15(21)20-9-5-4-7-13(20)17(19)22/h2-3,6,8,13H,4-5,7,9-10H2,1H3,(H2,19,22)/t13-/m1/s1. The molecule has 7 nitrogen and oxygen atoms in total. The Balaban J connectivity index is 1.67. The molecule has 2 amide bonds. The van der Waals surface area contributed by atoms with Crippen molar-refractivity contribution in [3.63, 3.8) is 0 Å². The van der Waals surface area contributed by atoms with Crippen LogP contribution >= 0.6 is 0 Å². The molecule has 1 aliphatic heterocycles. The van der Waals surface area contributed by atoms with Crippen LogP contribution in [-0.4, -0.2) is 41.9 Å². The van der Waals surface area contributed by atoms with Crippen molar-refractivity contribution >= 4 is 28.8 Å². The number of esters is 1. The van der Waals surface area contributed by atoms with Gasteiger partial charge in [-0.1, -0.05) is 18.2 Å². The van der Waals surface area contributed by atoms with Gasteiger partial charge in [0.15, 0.2) is 6.61 Å². The highest BCUT2D eigenvalue weighted by molar-refractivity contribution is 5.97. The van der Waals surface area contributed by atoms with E-state index in [1.807, 2.05) is 18.2 Å². The molecule has 1 aromatic heterocycles. The molecule has 1 saturated heterocycles. The fourth-order valence-corrected chi connectivity index (χ4v) is 3.17. The van der Waals surface area contributed by atoms with E-state index < -0.39 is 30.4 Å². The van der Waals surface area contributed by atoms with Gasteiger partial charge in [0.1, 0.15) is 11.6 Å². The first-order chi connectivity index (χ1) is 12.0. The summed E-state index contributed by atoms with van der Waals surface area (Å²) in [6.45, 7) is 1.75. The maximum absolute atomic E-state index is 12.3. The number of fused-ring (bicyclic) bond motifs is 1. The smallest absolute Gasteiger partial charge is 0.375 e. The molecule has 0 unspecified atom stereocenters. The number of carbonyl (C=O) groups excluding carboxylic acids is 3. The Kier molecular flexibility index (Phi) is 4.74. The summed E-state index contributed by atoms with van der Waals surface area (Å²) in [5.41, 5.74) is 6.60. The van der Waals surface area contributed by atoms with Crippen molar-refractivity contribution < 1.29 is 23.5 Å². The molecule has 1 aromatic carbocycles. The minimum absolute atomic E-state index is 0.0825. The normalized spacial score (nSPS) is 17.5. The Morgan fingerprint density at radius 2 is 2.04 bits per heavy atom. The number of amides is 2. The quantitative estimate of drug-likeness (QED) is 0.851. The number of nitrogens with two attached hydrogens (primary N) is 1. The van der Waals surface area contributed by atoms with Gasteiger partial charge in [0.2, 0.25) is 11.7 Å². The van der Waals surface area contributed by atoms with Crippen molar-refractivity contribution in [2.75, 3.05) is 13.2 Å². The number of primary amides is 1. The van der Waals surface area contributed by atoms with Crippen LogP contribution in [-0.2, 0) is 14.3 Å². The summed E-state index contributed by atoms with van der Waals surface area (Å²) in [4.78, 5) is 37.4. The molecule has 2 aromatic rings. The second kappa shape index (κ2) is 6.96. The number of furan rings is 1. The third-order valence-corrected chi connectivity index (χ3v) is 4.51. The number of nitrogens with zero attached hydrogens (tertiary/aromatic N) is 1. The maximum Gasteiger partial charge on any atom is 0.375 e. The molecule has 0 saturated carbocycles. The van der Waals surface area contributed by atoms with E-state index in [0.29, 0.717) is 24.1 Å². The molecule has 0 aliphatic carbocycles. The zero-order valence-electron chi connectivity index (χ0n) is 14.0. The molecule has 7 heteroatoms. The topological polar surface area (TPSA) is 103 Å². The summed E-state index contributed by atoms with van der Waals surface area (Å²) in [5.74, 6) is -1.58. The number of benzene rings is 1. The Bertz CT molecular complexity index is 826. The van der Waals surface area contributed by atoms with Gasteiger partial charge in [0.05, 0.1) is 0 Å². The van der Waals surface area contributed by atoms with Crippen molar-refractivity contribution in [2.45, 2.75) is 32.2 Å². The van der Waals surface area contributed by atoms with Gasteiger partial charge in [-0.15, -0.1) is 0 Å². The van der Waals surface area contributed by atoms with Crippen LogP contribution in [0, 0.1) is 6.92 Å². The van der Waals surface area contributed by atoms with Gasteiger partial charge in [-0.2, -0.15) is 0 Å². The molecule has 25 heavy (non-hydrogen) atoms. The van der Waals surface area contributed by atoms with Crippen molar-refractivity contribution in [3.8, 4) is 0 Å². The number of rotatable bonds is 4. The number of hydrogen-bond acceptors (Lipinski definition) is 5. The summed E-state index contributed by atoms with van der Waals surface area (Å²) < 4.78 is 10.6. The molecule has 132 valence electrons. The van der Waals surface area contributed by atoms with Gasteiger partial charge >= 0.3 is 5.97 Å². The number of piperidine rings is 1. The molecule has 1 aliphatic rings. The van der Waals surface area contributed by atoms with Crippen LogP contribution in [0.25, 0.3) is 11.0 Å². The first kappa shape index (κ1) is 17.0. The molecule has 0 bridgehead atoms. The van der Waals surface area contributed by atoms with Crippen LogP contribution in [0.2, 0.25) is 0 Å². The number of ether oxygens (including phenoxy) is 1. The van der Waals surface area contributed by atoms with Crippen LogP contribution in [0.1, 0.15) is 35.4 Å². The van der Waals surface area contributed by atoms with E-state index >= 15 is 0 Å². The molecule has 0 radical (unpaired) electrons. The maximum atomic E-state index is 12.3. The molecule has 2 heterocycles. The molecule has 1 atom stereocenters. The van der Waals surface area contributed by atoms with Crippen LogP contribution in [0.3, 0.4) is 0 Å². The Morgan fingerprint density at radius 3 is 2.76 bits per heavy atom. The SMILES string of the molecule is Cc1c(C(=O)OCC(=O)N2CCCC[C@@H]2C(N)=O)oc2ccccc12. The van der Waals surface area contributed by atoms with Gasteiger partial charge in [0.25, 0.3) is 5.91 Å². The number of likely N-dealkylation sites (tertiary alicyclic amines) is 1. The molecular formula is C18H20N2O5. The van der Waals surface area contributed by atoms with Crippen LogP contribution in [0.4, 0.5) is 0 Å². The molecule has 1 fully saturated rings. The number of hydrogen-bond donors (Lipinski definition) is 1. The largest absolute Gasteiger partial charge is 0.450 e. The lowest BCUT2D eigenvalue weighted by atomic mass is 10.0. The van der Waals surface area contributed by atoms with Crippen LogP contribution < -0.4 is 5.73 Å². The Hall–Kier alpha value is -2.83. The van der Waals surface area contributed by atoms with Crippen molar-refractivity contribution in [2.24, 2.45) is 5.73 Å². The highest BCUT2D eigenvalue weighted by atomic mass is 16.5. The zero-order chi connectivity index (χ0) is 18.0. The van der Waals surface area contributed by atoms with Crippen LogP contribution in [0.5, 0.6) is 0 Å². The number of para-hydroxylation sites is 1. The average molecular weight is 344 g/mol. The van der Waals surface area contributed by atoms with E-state index in [-0.39, 0.29) is 5.76 Å². The molecule has 0 spiro atoms. The predicted molar refractivity (Wildman–Crippen MR) is 89.8 cm³/mol.